The highest BCUT2D eigenvalue weighted by Crippen LogP contribution is 2.24. The molecule has 1 aromatic rings. The molecular formula is C11H10N2O3. The van der Waals surface area contributed by atoms with E-state index in [1.165, 1.54) is 19.1 Å². The molecule has 0 saturated heterocycles. The lowest BCUT2D eigenvalue weighted by Crippen LogP contribution is -2.03. The Morgan fingerprint density at radius 2 is 2.19 bits per heavy atom. The Balaban J connectivity index is 3.54. The molecule has 5 nitrogen and oxygen atoms in total. The van der Waals surface area contributed by atoms with Crippen LogP contribution in [-0.4, -0.2) is 10.7 Å². The van der Waals surface area contributed by atoms with E-state index in [9.17, 15) is 14.9 Å². The van der Waals surface area contributed by atoms with E-state index in [2.05, 4.69) is 0 Å². The number of aryl methyl sites for hydroxylation is 1. The number of hydrogen-bond acceptors (Lipinski definition) is 4. The summed E-state index contributed by atoms with van der Waals surface area (Å²) in [6.07, 6.45) is 0.557. The van der Waals surface area contributed by atoms with Crippen molar-refractivity contribution in [3.05, 3.63) is 38.9 Å². The molecule has 0 aromatic heterocycles. The van der Waals surface area contributed by atoms with Gasteiger partial charge in [-0.1, -0.05) is 6.92 Å². The van der Waals surface area contributed by atoms with Crippen LogP contribution >= 0.6 is 0 Å². The molecule has 0 aliphatic rings. The summed E-state index contributed by atoms with van der Waals surface area (Å²) in [5, 5.41) is 19.5. The maximum atomic E-state index is 11.3. The molecule has 1 aromatic carbocycles. The van der Waals surface area contributed by atoms with E-state index < -0.39 is 4.92 Å². The summed E-state index contributed by atoms with van der Waals surface area (Å²) < 4.78 is 0. The van der Waals surface area contributed by atoms with Gasteiger partial charge in [-0.2, -0.15) is 5.26 Å². The number of rotatable bonds is 3. The smallest absolute Gasteiger partial charge is 0.287 e. The molecule has 5 heteroatoms. The summed E-state index contributed by atoms with van der Waals surface area (Å²) in [7, 11) is 0. The number of Topliss-reactive ketones (excluding diaryl/α,β-unsaturated/α-hetero) is 1. The van der Waals surface area contributed by atoms with E-state index in [-0.39, 0.29) is 17.0 Å². The second-order valence-corrected chi connectivity index (χ2v) is 3.31. The molecule has 0 amide bonds. The van der Waals surface area contributed by atoms with Crippen LogP contribution in [0.25, 0.3) is 0 Å². The summed E-state index contributed by atoms with van der Waals surface area (Å²) in [6, 6.07) is 4.36. The number of carbonyl (C=O) groups is 1. The van der Waals surface area contributed by atoms with Gasteiger partial charge in [0, 0.05) is 11.6 Å². The molecule has 16 heavy (non-hydrogen) atoms. The first-order valence-corrected chi connectivity index (χ1v) is 4.73. The van der Waals surface area contributed by atoms with Gasteiger partial charge >= 0.3 is 0 Å². The molecule has 0 aliphatic carbocycles. The molecule has 0 saturated carbocycles. The van der Waals surface area contributed by atoms with E-state index in [0.717, 1.165) is 0 Å². The first-order chi connectivity index (χ1) is 7.51. The van der Waals surface area contributed by atoms with Gasteiger partial charge < -0.3 is 0 Å². The number of carbonyl (C=O) groups excluding carboxylic acids is 1. The fraction of sp³-hybridized carbons (Fsp3) is 0.273. The number of benzene rings is 1. The molecule has 0 radical (unpaired) electrons. The van der Waals surface area contributed by atoms with Crippen LogP contribution in [0.1, 0.15) is 35.3 Å². The average molecular weight is 218 g/mol. The summed E-state index contributed by atoms with van der Waals surface area (Å²) in [4.78, 5) is 21.3. The Labute approximate surface area is 92.5 Å². The Hall–Kier alpha value is -2.22. The van der Waals surface area contributed by atoms with Crippen LogP contribution in [0.2, 0.25) is 0 Å². The van der Waals surface area contributed by atoms with Crippen molar-refractivity contribution in [3.63, 3.8) is 0 Å². The Morgan fingerprint density at radius 3 is 2.56 bits per heavy atom. The highest BCUT2D eigenvalue weighted by molar-refractivity contribution is 5.96. The molecule has 0 fully saturated rings. The van der Waals surface area contributed by atoms with E-state index in [1.54, 1.807) is 6.07 Å². The van der Waals surface area contributed by atoms with Gasteiger partial charge in [-0.05, 0) is 25.0 Å². The summed E-state index contributed by atoms with van der Waals surface area (Å²) in [5.41, 5.74) is 0.652. The number of nitriles is 1. The third-order valence-corrected chi connectivity index (χ3v) is 2.30. The minimum atomic E-state index is -0.648. The van der Waals surface area contributed by atoms with Crippen LogP contribution in [-0.2, 0) is 6.42 Å². The van der Waals surface area contributed by atoms with Crippen molar-refractivity contribution >= 4 is 11.5 Å². The normalized spacial score (nSPS) is 9.56. The van der Waals surface area contributed by atoms with Gasteiger partial charge in [0.25, 0.3) is 5.69 Å². The van der Waals surface area contributed by atoms with E-state index in [4.69, 9.17) is 5.26 Å². The number of nitrogens with zero attached hydrogens (tertiary/aromatic N) is 2. The van der Waals surface area contributed by atoms with Crippen molar-refractivity contribution in [2.45, 2.75) is 20.3 Å². The van der Waals surface area contributed by atoms with E-state index in [0.29, 0.717) is 17.5 Å². The third kappa shape index (κ3) is 2.06. The van der Waals surface area contributed by atoms with Crippen LogP contribution in [0, 0.1) is 21.4 Å². The fourth-order valence-electron chi connectivity index (χ4n) is 1.49. The number of ketones is 1. The van der Waals surface area contributed by atoms with Crippen molar-refractivity contribution in [2.75, 3.05) is 0 Å². The van der Waals surface area contributed by atoms with Crippen LogP contribution in [0.4, 0.5) is 5.69 Å². The van der Waals surface area contributed by atoms with Crippen LogP contribution in [0.15, 0.2) is 12.1 Å². The molecule has 0 aliphatic heterocycles. The number of nitro groups is 1. The lowest BCUT2D eigenvalue weighted by molar-refractivity contribution is -0.385. The summed E-state index contributed by atoms with van der Waals surface area (Å²) >= 11 is 0. The first kappa shape index (κ1) is 11.9. The second kappa shape index (κ2) is 4.53. The Morgan fingerprint density at radius 1 is 1.56 bits per heavy atom. The zero-order chi connectivity index (χ0) is 12.3. The van der Waals surface area contributed by atoms with Gasteiger partial charge in [0.05, 0.1) is 4.92 Å². The van der Waals surface area contributed by atoms with Crippen LogP contribution in [0.5, 0.6) is 0 Å². The predicted octanol–water partition coefficient (Wildman–Crippen LogP) is 2.23. The summed E-state index contributed by atoms with van der Waals surface area (Å²) in [5.74, 6) is -0.232. The van der Waals surface area contributed by atoms with E-state index >= 15 is 0 Å². The van der Waals surface area contributed by atoms with Gasteiger partial charge in [-0.25, -0.2) is 0 Å². The van der Waals surface area contributed by atoms with Crippen LogP contribution < -0.4 is 0 Å². The van der Waals surface area contributed by atoms with Crippen molar-refractivity contribution in [3.8, 4) is 6.07 Å². The van der Waals surface area contributed by atoms with Gasteiger partial charge in [0.15, 0.2) is 5.78 Å². The molecule has 0 heterocycles. The van der Waals surface area contributed by atoms with Gasteiger partial charge in [-0.3, -0.25) is 14.9 Å². The molecule has 1 rings (SSSR count). The van der Waals surface area contributed by atoms with Gasteiger partial charge in [0.2, 0.25) is 0 Å². The first-order valence-electron chi connectivity index (χ1n) is 4.73. The maximum absolute atomic E-state index is 11.3. The van der Waals surface area contributed by atoms with Crippen molar-refractivity contribution < 1.29 is 9.72 Å². The maximum Gasteiger partial charge on any atom is 0.287 e. The standard InChI is InChI=1S/C11H10N2O3/c1-3-8-4-9(6-12)11(13(15)16)5-10(8)7(2)14/h4-5H,3H2,1-2H3. The molecule has 0 N–H and O–H groups in total. The summed E-state index contributed by atoms with van der Waals surface area (Å²) in [6.45, 7) is 3.18. The van der Waals surface area contributed by atoms with E-state index in [1.807, 2.05) is 6.92 Å². The zero-order valence-electron chi connectivity index (χ0n) is 8.98. The van der Waals surface area contributed by atoms with Crippen molar-refractivity contribution in [2.24, 2.45) is 0 Å². The predicted molar refractivity (Wildman–Crippen MR) is 57.2 cm³/mol. The van der Waals surface area contributed by atoms with Gasteiger partial charge in [-0.15, -0.1) is 0 Å². The van der Waals surface area contributed by atoms with Crippen molar-refractivity contribution in [1.29, 1.82) is 5.26 Å². The Kier molecular flexibility index (Phi) is 3.36. The lowest BCUT2D eigenvalue weighted by Gasteiger charge is -2.05. The number of nitro benzene ring substituents is 1. The highest BCUT2D eigenvalue weighted by atomic mass is 16.6. The molecule has 0 bridgehead atoms. The monoisotopic (exact) mass is 218 g/mol. The minimum absolute atomic E-state index is 0.00755. The SMILES string of the molecule is CCc1cc(C#N)c([N+](=O)[O-])cc1C(C)=O. The fourth-order valence-corrected chi connectivity index (χ4v) is 1.49. The third-order valence-electron chi connectivity index (χ3n) is 2.30. The molecular weight excluding hydrogens is 208 g/mol. The number of hydrogen-bond donors (Lipinski definition) is 0. The van der Waals surface area contributed by atoms with Crippen LogP contribution in [0.3, 0.4) is 0 Å². The minimum Gasteiger partial charge on any atom is -0.294 e. The van der Waals surface area contributed by atoms with Gasteiger partial charge in [0.1, 0.15) is 11.6 Å². The quantitative estimate of drug-likeness (QED) is 0.442. The highest BCUT2D eigenvalue weighted by Gasteiger charge is 2.19. The molecule has 82 valence electrons. The lowest BCUT2D eigenvalue weighted by atomic mass is 9.98. The second-order valence-electron chi connectivity index (χ2n) is 3.31. The molecule has 0 atom stereocenters. The molecule has 0 unspecified atom stereocenters. The largest absolute Gasteiger partial charge is 0.294 e. The molecule has 0 spiro atoms. The van der Waals surface area contributed by atoms with Crippen molar-refractivity contribution in [1.82, 2.24) is 0 Å². The zero-order valence-corrected chi connectivity index (χ0v) is 8.98. The topological polar surface area (TPSA) is 84.0 Å². The average Bonchev–Trinajstić information content (AvgIpc) is 2.26. The Bertz CT molecular complexity index is 501.